The molecule has 6 nitrogen and oxygen atoms in total. The van der Waals surface area contributed by atoms with Crippen molar-refractivity contribution in [3.8, 4) is 0 Å². The number of aromatic nitrogens is 1. The molecule has 1 saturated heterocycles. The molecule has 1 aliphatic rings. The Morgan fingerprint density at radius 1 is 1.21 bits per heavy atom. The number of amides is 2. The minimum Gasteiger partial charge on any atom is -0.450 e. The van der Waals surface area contributed by atoms with Crippen molar-refractivity contribution in [2.24, 2.45) is 7.05 Å². The first-order valence-electron chi connectivity index (χ1n) is 6.44. The zero-order valence-corrected chi connectivity index (χ0v) is 11.3. The van der Waals surface area contributed by atoms with E-state index >= 15 is 0 Å². The Morgan fingerprint density at radius 3 is 2.37 bits per heavy atom. The van der Waals surface area contributed by atoms with Gasteiger partial charge in [-0.2, -0.15) is 0 Å². The molecule has 0 saturated carbocycles. The monoisotopic (exact) mass is 265 g/mol. The smallest absolute Gasteiger partial charge is 0.409 e. The summed E-state index contributed by atoms with van der Waals surface area (Å²) in [6.07, 6.45) is 3.36. The van der Waals surface area contributed by atoms with E-state index in [0.717, 1.165) is 0 Å². The summed E-state index contributed by atoms with van der Waals surface area (Å²) in [6, 6.07) is 1.81. The highest BCUT2D eigenvalue weighted by Gasteiger charge is 2.25. The summed E-state index contributed by atoms with van der Waals surface area (Å²) >= 11 is 0. The van der Waals surface area contributed by atoms with Crippen LogP contribution in [0.5, 0.6) is 0 Å². The molecule has 1 aliphatic heterocycles. The van der Waals surface area contributed by atoms with Crippen LogP contribution in [0.2, 0.25) is 0 Å². The van der Waals surface area contributed by atoms with Gasteiger partial charge in [-0.1, -0.05) is 0 Å². The minimum atomic E-state index is -0.297. The first-order valence-corrected chi connectivity index (χ1v) is 6.44. The molecule has 0 aromatic carbocycles. The minimum absolute atomic E-state index is 0.0177. The van der Waals surface area contributed by atoms with Crippen molar-refractivity contribution in [3.63, 3.8) is 0 Å². The van der Waals surface area contributed by atoms with Crippen LogP contribution in [0, 0.1) is 0 Å². The van der Waals surface area contributed by atoms with E-state index in [2.05, 4.69) is 0 Å². The predicted octanol–water partition coefficient (Wildman–Crippen LogP) is 0.939. The Labute approximate surface area is 112 Å². The van der Waals surface area contributed by atoms with E-state index in [0.29, 0.717) is 38.3 Å². The van der Waals surface area contributed by atoms with Gasteiger partial charge in [0.05, 0.1) is 12.2 Å². The number of aryl methyl sites for hydroxylation is 1. The maximum atomic E-state index is 12.2. The van der Waals surface area contributed by atoms with Crippen LogP contribution in [0.15, 0.2) is 18.5 Å². The van der Waals surface area contributed by atoms with Gasteiger partial charge in [0.25, 0.3) is 5.91 Å². The summed E-state index contributed by atoms with van der Waals surface area (Å²) in [5, 5.41) is 0. The number of hydrogen-bond donors (Lipinski definition) is 0. The van der Waals surface area contributed by atoms with Crippen LogP contribution in [0.25, 0.3) is 0 Å². The van der Waals surface area contributed by atoms with Gasteiger partial charge in [-0.25, -0.2) is 4.79 Å². The van der Waals surface area contributed by atoms with Crippen molar-refractivity contribution < 1.29 is 14.3 Å². The molecule has 1 fully saturated rings. The molecule has 2 heterocycles. The molecule has 1 aromatic heterocycles. The average Bonchev–Trinajstić information content (AvgIpc) is 2.85. The van der Waals surface area contributed by atoms with Crippen LogP contribution in [0.3, 0.4) is 0 Å². The summed E-state index contributed by atoms with van der Waals surface area (Å²) in [4.78, 5) is 27.1. The molecule has 1 aromatic rings. The fourth-order valence-corrected chi connectivity index (χ4v) is 2.12. The molecule has 104 valence electrons. The quantitative estimate of drug-likeness (QED) is 0.799. The molecule has 0 spiro atoms. The van der Waals surface area contributed by atoms with E-state index in [4.69, 9.17) is 4.74 Å². The summed E-state index contributed by atoms with van der Waals surface area (Å²) in [7, 11) is 1.88. The lowest BCUT2D eigenvalue weighted by Gasteiger charge is -2.33. The van der Waals surface area contributed by atoms with Crippen molar-refractivity contribution in [1.82, 2.24) is 14.4 Å². The maximum absolute atomic E-state index is 12.2. The second kappa shape index (κ2) is 5.77. The Hall–Kier alpha value is -1.98. The second-order valence-electron chi connectivity index (χ2n) is 4.54. The first-order chi connectivity index (χ1) is 9.11. The van der Waals surface area contributed by atoms with Gasteiger partial charge in [-0.05, 0) is 13.0 Å². The Morgan fingerprint density at radius 2 is 1.84 bits per heavy atom. The van der Waals surface area contributed by atoms with Gasteiger partial charge < -0.3 is 19.1 Å². The van der Waals surface area contributed by atoms with Crippen LogP contribution in [0.4, 0.5) is 4.79 Å². The van der Waals surface area contributed by atoms with Crippen LogP contribution in [0.1, 0.15) is 17.3 Å². The van der Waals surface area contributed by atoms with E-state index < -0.39 is 0 Å². The summed E-state index contributed by atoms with van der Waals surface area (Å²) in [6.45, 7) is 4.31. The lowest BCUT2D eigenvalue weighted by atomic mass is 10.2. The standard InChI is InChI=1S/C13H19N3O3/c1-3-19-13(18)16-8-6-15(7-9-16)12(17)11-4-5-14(2)10-11/h4-5,10H,3,6-9H2,1-2H3. The third kappa shape index (κ3) is 3.07. The van der Waals surface area contributed by atoms with Crippen LogP contribution in [-0.4, -0.2) is 59.2 Å². The zero-order valence-electron chi connectivity index (χ0n) is 11.3. The van der Waals surface area contributed by atoms with Crippen molar-refractivity contribution in [2.45, 2.75) is 6.92 Å². The largest absolute Gasteiger partial charge is 0.450 e. The highest BCUT2D eigenvalue weighted by Crippen LogP contribution is 2.09. The van der Waals surface area contributed by atoms with Gasteiger partial charge in [0.1, 0.15) is 0 Å². The number of carbonyl (C=O) groups excluding carboxylic acids is 2. The topological polar surface area (TPSA) is 54.8 Å². The van der Waals surface area contributed by atoms with Crippen molar-refractivity contribution in [3.05, 3.63) is 24.0 Å². The van der Waals surface area contributed by atoms with Gasteiger partial charge in [-0.3, -0.25) is 4.79 Å². The van der Waals surface area contributed by atoms with Gasteiger partial charge >= 0.3 is 6.09 Å². The number of rotatable bonds is 2. The van der Waals surface area contributed by atoms with E-state index in [1.165, 1.54) is 0 Å². The molecule has 0 bridgehead atoms. The molecular formula is C13H19N3O3. The van der Waals surface area contributed by atoms with Gasteiger partial charge in [-0.15, -0.1) is 0 Å². The maximum Gasteiger partial charge on any atom is 0.409 e. The predicted molar refractivity (Wildman–Crippen MR) is 69.9 cm³/mol. The Kier molecular flexibility index (Phi) is 4.09. The van der Waals surface area contributed by atoms with Crippen molar-refractivity contribution in [2.75, 3.05) is 32.8 Å². The van der Waals surface area contributed by atoms with Crippen LogP contribution < -0.4 is 0 Å². The molecule has 0 atom stereocenters. The average molecular weight is 265 g/mol. The Balaban J connectivity index is 1.89. The molecule has 0 N–H and O–H groups in total. The van der Waals surface area contributed by atoms with E-state index in [1.807, 2.05) is 17.8 Å². The molecule has 2 amide bonds. The first kappa shape index (κ1) is 13.5. The zero-order chi connectivity index (χ0) is 13.8. The van der Waals surface area contributed by atoms with E-state index in [-0.39, 0.29) is 12.0 Å². The molecule has 19 heavy (non-hydrogen) atoms. The van der Waals surface area contributed by atoms with Gasteiger partial charge in [0.15, 0.2) is 0 Å². The highest BCUT2D eigenvalue weighted by atomic mass is 16.6. The fourth-order valence-electron chi connectivity index (χ4n) is 2.12. The van der Waals surface area contributed by atoms with Crippen LogP contribution >= 0.6 is 0 Å². The molecule has 0 unspecified atom stereocenters. The van der Waals surface area contributed by atoms with Crippen LogP contribution in [-0.2, 0) is 11.8 Å². The van der Waals surface area contributed by atoms with Crippen molar-refractivity contribution >= 4 is 12.0 Å². The second-order valence-corrected chi connectivity index (χ2v) is 4.54. The molecule has 0 radical (unpaired) electrons. The van der Waals surface area contributed by atoms with E-state index in [1.54, 1.807) is 29.0 Å². The van der Waals surface area contributed by atoms with Gasteiger partial charge in [0, 0.05) is 45.6 Å². The van der Waals surface area contributed by atoms with Crippen molar-refractivity contribution in [1.29, 1.82) is 0 Å². The third-order valence-corrected chi connectivity index (χ3v) is 3.17. The highest BCUT2D eigenvalue weighted by molar-refractivity contribution is 5.94. The van der Waals surface area contributed by atoms with E-state index in [9.17, 15) is 9.59 Å². The lowest BCUT2D eigenvalue weighted by Crippen LogP contribution is -2.50. The number of piperazine rings is 1. The fraction of sp³-hybridized carbons (Fsp3) is 0.538. The SMILES string of the molecule is CCOC(=O)N1CCN(C(=O)c2ccn(C)c2)CC1. The third-order valence-electron chi connectivity index (χ3n) is 3.17. The lowest BCUT2D eigenvalue weighted by molar-refractivity contribution is 0.0570. The number of hydrogen-bond acceptors (Lipinski definition) is 3. The van der Waals surface area contributed by atoms with Gasteiger partial charge in [0.2, 0.25) is 0 Å². The molecule has 6 heteroatoms. The number of ether oxygens (including phenoxy) is 1. The number of nitrogens with zero attached hydrogens (tertiary/aromatic N) is 3. The molecule has 2 rings (SSSR count). The summed E-state index contributed by atoms with van der Waals surface area (Å²) in [5.41, 5.74) is 0.687. The Bertz CT molecular complexity index is 461. The summed E-state index contributed by atoms with van der Waals surface area (Å²) < 4.78 is 6.79. The summed E-state index contributed by atoms with van der Waals surface area (Å²) in [5.74, 6) is 0.0177. The molecular weight excluding hydrogens is 246 g/mol. The molecule has 0 aliphatic carbocycles. The normalized spacial score (nSPS) is 15.5. The number of carbonyl (C=O) groups is 2.